The molecule has 0 amide bonds. The zero-order valence-corrected chi connectivity index (χ0v) is 12.6. The second kappa shape index (κ2) is 6.85. The maximum absolute atomic E-state index is 5.83. The van der Waals surface area contributed by atoms with Gasteiger partial charge in [0.25, 0.3) is 0 Å². The highest BCUT2D eigenvalue weighted by atomic mass is 32.2. The van der Waals surface area contributed by atoms with Crippen LogP contribution in [0, 0.1) is 0 Å². The van der Waals surface area contributed by atoms with E-state index >= 15 is 0 Å². The number of aliphatic imine (C=N–C) groups is 1. The van der Waals surface area contributed by atoms with Gasteiger partial charge >= 0.3 is 0 Å². The Morgan fingerprint density at radius 1 is 1.42 bits per heavy atom. The fraction of sp³-hybridized carbons (Fsp3) is 0.533. The van der Waals surface area contributed by atoms with Crippen molar-refractivity contribution >= 4 is 17.7 Å². The molecule has 1 aromatic carbocycles. The molecule has 19 heavy (non-hydrogen) atoms. The Bertz CT molecular complexity index is 445. The van der Waals surface area contributed by atoms with Crippen molar-refractivity contribution in [2.75, 3.05) is 25.9 Å². The molecule has 0 aromatic heterocycles. The third-order valence-corrected chi connectivity index (χ3v) is 4.65. The summed E-state index contributed by atoms with van der Waals surface area (Å²) in [6.45, 7) is 4.00. The normalized spacial score (nSPS) is 19.4. The summed E-state index contributed by atoms with van der Waals surface area (Å²) >= 11 is 1.97. The van der Waals surface area contributed by atoms with E-state index in [1.807, 2.05) is 23.7 Å². The van der Waals surface area contributed by atoms with E-state index in [-0.39, 0.29) is 0 Å². The number of thioether (sulfide) groups is 1. The van der Waals surface area contributed by atoms with Gasteiger partial charge < -0.3 is 10.6 Å². The molecule has 1 unspecified atom stereocenters. The summed E-state index contributed by atoms with van der Waals surface area (Å²) in [4.78, 5) is 7.87. The molecule has 2 N–H and O–H groups in total. The number of hydrogen-bond donors (Lipinski definition) is 1. The third-order valence-electron chi connectivity index (χ3n) is 3.47. The SMILES string of the molecule is CCCCSc1ccccc1C1CN=C(N)N(C)C1. The molecule has 0 saturated carbocycles. The lowest BCUT2D eigenvalue weighted by Crippen LogP contribution is -2.41. The Balaban J connectivity index is 2.11. The van der Waals surface area contributed by atoms with E-state index in [0.717, 1.165) is 13.1 Å². The van der Waals surface area contributed by atoms with Crippen LogP contribution in [-0.4, -0.2) is 36.7 Å². The first kappa shape index (κ1) is 14.3. The van der Waals surface area contributed by atoms with Crippen LogP contribution in [0.4, 0.5) is 0 Å². The molecule has 0 saturated heterocycles. The lowest BCUT2D eigenvalue weighted by atomic mass is 9.98. The van der Waals surface area contributed by atoms with Crippen LogP contribution in [0.25, 0.3) is 0 Å². The van der Waals surface area contributed by atoms with Crippen LogP contribution in [0.15, 0.2) is 34.2 Å². The fourth-order valence-electron chi connectivity index (χ4n) is 2.28. The third kappa shape index (κ3) is 3.66. The van der Waals surface area contributed by atoms with Crippen molar-refractivity contribution in [1.82, 2.24) is 4.90 Å². The number of guanidine groups is 1. The Hall–Kier alpha value is -1.16. The summed E-state index contributed by atoms with van der Waals surface area (Å²) in [6.07, 6.45) is 2.52. The minimum absolute atomic E-state index is 0.461. The zero-order valence-electron chi connectivity index (χ0n) is 11.8. The molecule has 0 fully saturated rings. The first-order valence-corrected chi connectivity index (χ1v) is 7.93. The summed E-state index contributed by atoms with van der Waals surface area (Å²) < 4.78 is 0. The quantitative estimate of drug-likeness (QED) is 0.664. The van der Waals surface area contributed by atoms with Crippen LogP contribution in [0.3, 0.4) is 0 Å². The standard InChI is InChI=1S/C15H23N3S/c1-3-4-9-19-14-8-6-5-7-13(14)12-10-17-15(16)18(2)11-12/h5-8,12H,3-4,9-11H2,1-2H3,(H2,16,17). The van der Waals surface area contributed by atoms with Gasteiger partial charge in [-0.15, -0.1) is 11.8 Å². The molecule has 4 heteroatoms. The second-order valence-corrected chi connectivity index (χ2v) is 6.15. The molecule has 0 aliphatic carbocycles. The smallest absolute Gasteiger partial charge is 0.191 e. The molecule has 0 bridgehead atoms. The molecule has 0 spiro atoms. The lowest BCUT2D eigenvalue weighted by Gasteiger charge is -2.30. The van der Waals surface area contributed by atoms with Gasteiger partial charge in [-0.2, -0.15) is 0 Å². The molecule has 0 radical (unpaired) electrons. The summed E-state index contributed by atoms with van der Waals surface area (Å²) in [7, 11) is 2.01. The van der Waals surface area contributed by atoms with E-state index < -0.39 is 0 Å². The highest BCUT2D eigenvalue weighted by molar-refractivity contribution is 7.99. The number of unbranched alkanes of at least 4 members (excludes halogenated alkanes) is 1. The lowest BCUT2D eigenvalue weighted by molar-refractivity contribution is 0.419. The van der Waals surface area contributed by atoms with Crippen LogP contribution < -0.4 is 5.73 Å². The van der Waals surface area contributed by atoms with E-state index in [0.29, 0.717) is 11.9 Å². The average molecular weight is 277 g/mol. The Labute approximate surface area is 120 Å². The molecular formula is C15H23N3S. The molecule has 104 valence electrons. The van der Waals surface area contributed by atoms with Gasteiger partial charge in [-0.25, -0.2) is 0 Å². The van der Waals surface area contributed by atoms with Crippen LogP contribution in [0.1, 0.15) is 31.2 Å². The molecule has 1 heterocycles. The Morgan fingerprint density at radius 3 is 2.95 bits per heavy atom. The molecular weight excluding hydrogens is 254 g/mol. The first-order valence-electron chi connectivity index (χ1n) is 6.95. The van der Waals surface area contributed by atoms with Crippen molar-refractivity contribution < 1.29 is 0 Å². The van der Waals surface area contributed by atoms with Crippen molar-refractivity contribution in [2.24, 2.45) is 10.7 Å². The highest BCUT2D eigenvalue weighted by Gasteiger charge is 2.21. The molecule has 1 atom stereocenters. The van der Waals surface area contributed by atoms with Crippen molar-refractivity contribution in [3.63, 3.8) is 0 Å². The van der Waals surface area contributed by atoms with Gasteiger partial charge in [0.15, 0.2) is 5.96 Å². The van der Waals surface area contributed by atoms with E-state index in [4.69, 9.17) is 5.73 Å². The topological polar surface area (TPSA) is 41.6 Å². The maximum atomic E-state index is 5.83. The Kier molecular flexibility index (Phi) is 5.14. The maximum Gasteiger partial charge on any atom is 0.191 e. The molecule has 1 aliphatic rings. The number of hydrogen-bond acceptors (Lipinski definition) is 4. The van der Waals surface area contributed by atoms with Gasteiger partial charge in [0, 0.05) is 24.4 Å². The highest BCUT2D eigenvalue weighted by Crippen LogP contribution is 2.31. The molecule has 2 rings (SSSR count). The van der Waals surface area contributed by atoms with Crippen LogP contribution in [0.2, 0.25) is 0 Å². The summed E-state index contributed by atoms with van der Waals surface area (Å²) in [5.74, 6) is 2.32. The van der Waals surface area contributed by atoms with Gasteiger partial charge in [-0.05, 0) is 23.8 Å². The summed E-state index contributed by atoms with van der Waals surface area (Å²) in [6, 6.07) is 8.73. The van der Waals surface area contributed by atoms with E-state index in [9.17, 15) is 0 Å². The van der Waals surface area contributed by atoms with Crippen LogP contribution in [-0.2, 0) is 0 Å². The number of nitrogens with zero attached hydrogens (tertiary/aromatic N) is 2. The van der Waals surface area contributed by atoms with Crippen molar-refractivity contribution in [3.8, 4) is 0 Å². The van der Waals surface area contributed by atoms with Gasteiger partial charge in [-0.3, -0.25) is 4.99 Å². The minimum atomic E-state index is 0.461. The van der Waals surface area contributed by atoms with Gasteiger partial charge in [0.05, 0.1) is 6.54 Å². The average Bonchev–Trinajstić information content (AvgIpc) is 2.43. The van der Waals surface area contributed by atoms with Crippen molar-refractivity contribution in [1.29, 1.82) is 0 Å². The molecule has 3 nitrogen and oxygen atoms in total. The summed E-state index contributed by atoms with van der Waals surface area (Å²) in [5, 5.41) is 0. The van der Waals surface area contributed by atoms with Gasteiger partial charge in [-0.1, -0.05) is 31.5 Å². The summed E-state index contributed by atoms with van der Waals surface area (Å²) in [5.41, 5.74) is 7.25. The van der Waals surface area contributed by atoms with E-state index in [2.05, 4.69) is 36.2 Å². The van der Waals surface area contributed by atoms with E-state index in [1.54, 1.807) is 0 Å². The molecule has 1 aliphatic heterocycles. The van der Waals surface area contributed by atoms with E-state index in [1.165, 1.54) is 29.1 Å². The van der Waals surface area contributed by atoms with Crippen LogP contribution in [0.5, 0.6) is 0 Å². The number of rotatable bonds is 5. The predicted molar refractivity (Wildman–Crippen MR) is 83.9 cm³/mol. The predicted octanol–water partition coefficient (Wildman–Crippen LogP) is 2.92. The number of benzene rings is 1. The van der Waals surface area contributed by atoms with Gasteiger partial charge in [0.2, 0.25) is 0 Å². The Morgan fingerprint density at radius 2 is 2.21 bits per heavy atom. The molecule has 1 aromatic rings. The largest absolute Gasteiger partial charge is 0.370 e. The second-order valence-electron chi connectivity index (χ2n) is 5.02. The number of nitrogens with two attached hydrogens (primary N) is 1. The fourth-order valence-corrected chi connectivity index (χ4v) is 3.51. The minimum Gasteiger partial charge on any atom is -0.370 e. The number of likely N-dealkylation sites (N-methyl/N-ethyl adjacent to an activating group) is 1. The van der Waals surface area contributed by atoms with Gasteiger partial charge in [0.1, 0.15) is 0 Å². The zero-order chi connectivity index (χ0) is 13.7. The van der Waals surface area contributed by atoms with Crippen molar-refractivity contribution in [3.05, 3.63) is 29.8 Å². The monoisotopic (exact) mass is 277 g/mol. The first-order chi connectivity index (χ1) is 9.22. The van der Waals surface area contributed by atoms with Crippen LogP contribution >= 0.6 is 11.8 Å². The van der Waals surface area contributed by atoms with Crippen molar-refractivity contribution in [2.45, 2.75) is 30.6 Å².